The molecule has 0 spiro atoms. The first-order chi connectivity index (χ1) is 11.6. The Morgan fingerprint density at radius 3 is 2.40 bits per heavy atom. The Bertz CT molecular complexity index is 728. The van der Waals surface area contributed by atoms with Gasteiger partial charge < -0.3 is 16.2 Å². The number of phenolic OH excluding ortho intramolecular Hbond substituents is 1. The van der Waals surface area contributed by atoms with Crippen LogP contribution in [-0.4, -0.2) is 43.3 Å². The monoisotopic (exact) mass is 390 g/mol. The molecule has 4 nitrogen and oxygen atoms in total. The van der Waals surface area contributed by atoms with Crippen molar-refractivity contribution in [2.24, 2.45) is 0 Å². The zero-order valence-corrected chi connectivity index (χ0v) is 18.0. The molecular formula is C18H21Cl2N2NaO2. The van der Waals surface area contributed by atoms with Crippen molar-refractivity contribution in [1.29, 1.82) is 0 Å². The Balaban J connectivity index is 0.00000169. The van der Waals surface area contributed by atoms with Crippen molar-refractivity contribution in [2.75, 3.05) is 38.2 Å². The molecule has 0 amide bonds. The van der Waals surface area contributed by atoms with Crippen LogP contribution in [0.15, 0.2) is 36.4 Å². The van der Waals surface area contributed by atoms with E-state index in [0.29, 0.717) is 17.3 Å². The third-order valence-corrected chi connectivity index (χ3v) is 4.98. The van der Waals surface area contributed by atoms with Gasteiger partial charge in [-0.1, -0.05) is 35.3 Å². The number of piperazine rings is 1. The molecule has 0 bridgehead atoms. The van der Waals surface area contributed by atoms with Crippen LogP contribution < -0.4 is 39.2 Å². The van der Waals surface area contributed by atoms with Gasteiger partial charge in [0.1, 0.15) is 0 Å². The molecule has 1 N–H and O–H groups in total. The summed E-state index contributed by atoms with van der Waals surface area (Å²) >= 11 is 12.6. The third kappa shape index (κ3) is 4.97. The van der Waals surface area contributed by atoms with Gasteiger partial charge in [0.05, 0.1) is 17.8 Å². The summed E-state index contributed by atoms with van der Waals surface area (Å²) in [5.74, 6) is 0.513. The summed E-state index contributed by atoms with van der Waals surface area (Å²) in [4.78, 5) is 4.62. The smallest absolute Gasteiger partial charge is 1.00 e. The van der Waals surface area contributed by atoms with Crippen molar-refractivity contribution < 1.29 is 40.8 Å². The predicted molar refractivity (Wildman–Crippen MR) is 99.7 cm³/mol. The second-order valence-electron chi connectivity index (χ2n) is 5.83. The molecule has 0 atom stereocenters. The summed E-state index contributed by atoms with van der Waals surface area (Å²) in [6.45, 7) is 4.34. The van der Waals surface area contributed by atoms with E-state index in [-0.39, 0.29) is 36.7 Å². The molecule has 1 aliphatic rings. The largest absolute Gasteiger partial charge is 1.00 e. The quantitative estimate of drug-likeness (QED) is 0.794. The van der Waals surface area contributed by atoms with Crippen molar-refractivity contribution in [3.05, 3.63) is 52.0 Å². The molecule has 0 aromatic heterocycles. The minimum Gasteiger partial charge on any atom is -1.00 e. The summed E-state index contributed by atoms with van der Waals surface area (Å²) in [7, 11) is 1.51. The minimum absolute atomic E-state index is 0. The van der Waals surface area contributed by atoms with Crippen molar-refractivity contribution in [2.45, 2.75) is 6.54 Å². The number of anilines is 1. The summed E-state index contributed by atoms with van der Waals surface area (Å²) < 4.78 is 5.08. The molecule has 0 saturated carbocycles. The number of para-hydroxylation sites is 1. The molecule has 0 aliphatic carbocycles. The first-order valence-electron chi connectivity index (χ1n) is 7.85. The van der Waals surface area contributed by atoms with Crippen molar-refractivity contribution in [3.63, 3.8) is 0 Å². The number of benzene rings is 2. The van der Waals surface area contributed by atoms with E-state index in [4.69, 9.17) is 27.9 Å². The Kier molecular flexibility index (Phi) is 7.74. The third-order valence-electron chi connectivity index (χ3n) is 4.31. The maximum Gasteiger partial charge on any atom is 1.00 e. The van der Waals surface area contributed by atoms with Crippen LogP contribution in [0.2, 0.25) is 10.0 Å². The van der Waals surface area contributed by atoms with E-state index in [1.165, 1.54) is 7.11 Å². The van der Waals surface area contributed by atoms with Gasteiger partial charge in [0, 0.05) is 43.8 Å². The second kappa shape index (κ2) is 9.36. The Labute approximate surface area is 182 Å². The zero-order chi connectivity index (χ0) is 17.1. The number of phenols is 1. The molecule has 1 fully saturated rings. The molecule has 0 unspecified atom stereocenters. The van der Waals surface area contributed by atoms with E-state index in [9.17, 15) is 5.11 Å². The number of methoxy groups -OCH3 is 1. The van der Waals surface area contributed by atoms with Crippen molar-refractivity contribution in [1.82, 2.24) is 4.90 Å². The topological polar surface area (TPSA) is 35.9 Å². The zero-order valence-electron chi connectivity index (χ0n) is 15.5. The van der Waals surface area contributed by atoms with Gasteiger partial charge in [0.25, 0.3) is 0 Å². The molecular weight excluding hydrogens is 370 g/mol. The van der Waals surface area contributed by atoms with Gasteiger partial charge in [-0.2, -0.15) is 0 Å². The minimum atomic E-state index is 0. The van der Waals surface area contributed by atoms with Crippen LogP contribution in [0.4, 0.5) is 5.69 Å². The summed E-state index contributed by atoms with van der Waals surface area (Å²) in [5.41, 5.74) is 1.99. The van der Waals surface area contributed by atoms with E-state index in [1.807, 2.05) is 18.2 Å². The number of rotatable bonds is 4. The molecule has 7 heteroatoms. The normalized spacial score (nSPS) is 14.9. The fraction of sp³-hybridized carbons (Fsp3) is 0.333. The molecule has 25 heavy (non-hydrogen) atoms. The number of nitrogens with zero attached hydrogens (tertiary/aromatic N) is 2. The van der Waals surface area contributed by atoms with Gasteiger partial charge in [-0.3, -0.25) is 4.90 Å². The van der Waals surface area contributed by atoms with E-state index in [2.05, 4.69) is 15.9 Å². The van der Waals surface area contributed by atoms with Crippen LogP contribution in [-0.2, 0) is 6.54 Å². The average Bonchev–Trinajstić information content (AvgIpc) is 2.59. The number of halogens is 2. The Hall–Kier alpha value is -0.620. The first-order valence-corrected chi connectivity index (χ1v) is 8.61. The van der Waals surface area contributed by atoms with Gasteiger partial charge >= 0.3 is 29.6 Å². The molecule has 1 heterocycles. The molecule has 1 saturated heterocycles. The van der Waals surface area contributed by atoms with Gasteiger partial charge in [0.15, 0.2) is 11.5 Å². The average molecular weight is 391 g/mol. The SMILES string of the molecule is COc1cc(Cl)c(CN2CCN(c3ccccc3Cl)CC2)cc1O.[H-].[Na+]. The van der Waals surface area contributed by atoms with Gasteiger partial charge in [-0.15, -0.1) is 0 Å². The summed E-state index contributed by atoms with van der Waals surface area (Å²) in [6, 6.07) is 11.3. The van der Waals surface area contributed by atoms with Gasteiger partial charge in [-0.05, 0) is 23.8 Å². The van der Waals surface area contributed by atoms with E-state index >= 15 is 0 Å². The number of hydrogen-bond donors (Lipinski definition) is 1. The van der Waals surface area contributed by atoms with Crippen molar-refractivity contribution in [3.8, 4) is 11.5 Å². The van der Waals surface area contributed by atoms with Crippen LogP contribution in [0.25, 0.3) is 0 Å². The summed E-state index contributed by atoms with van der Waals surface area (Å²) in [5, 5.41) is 11.3. The molecule has 3 rings (SSSR count). The van der Waals surface area contributed by atoms with E-state index < -0.39 is 0 Å². The first kappa shape index (κ1) is 20.7. The van der Waals surface area contributed by atoms with Crippen LogP contribution in [0, 0.1) is 0 Å². The number of hydrogen-bond acceptors (Lipinski definition) is 4. The Morgan fingerprint density at radius 2 is 1.76 bits per heavy atom. The molecule has 0 radical (unpaired) electrons. The van der Waals surface area contributed by atoms with Gasteiger partial charge in [0.2, 0.25) is 0 Å². The van der Waals surface area contributed by atoms with Crippen LogP contribution >= 0.6 is 23.2 Å². The van der Waals surface area contributed by atoms with Crippen LogP contribution in [0.5, 0.6) is 11.5 Å². The Morgan fingerprint density at radius 1 is 1.08 bits per heavy atom. The van der Waals surface area contributed by atoms with E-state index in [0.717, 1.165) is 42.5 Å². The molecule has 2 aromatic carbocycles. The second-order valence-corrected chi connectivity index (χ2v) is 6.64. The standard InChI is InChI=1S/C18H20Cl2N2O2.Na.H/c1-24-18-11-15(20)13(10-17(18)23)12-21-6-8-22(9-7-21)16-5-3-2-4-14(16)19;;/h2-5,10-11,23H,6-9,12H2,1H3;;/q;+1;-1. The van der Waals surface area contributed by atoms with Crippen molar-refractivity contribution >= 4 is 28.9 Å². The number of ether oxygens (including phenoxy) is 1. The maximum atomic E-state index is 9.94. The predicted octanol–water partition coefficient (Wildman–Crippen LogP) is 1.15. The van der Waals surface area contributed by atoms with E-state index in [1.54, 1.807) is 12.1 Å². The number of aromatic hydroxyl groups is 1. The fourth-order valence-electron chi connectivity index (χ4n) is 2.97. The molecule has 1 aliphatic heterocycles. The van der Waals surface area contributed by atoms with Crippen LogP contribution in [0.3, 0.4) is 0 Å². The van der Waals surface area contributed by atoms with Crippen LogP contribution in [0.1, 0.15) is 6.99 Å². The molecule has 2 aromatic rings. The maximum absolute atomic E-state index is 9.94. The fourth-order valence-corrected chi connectivity index (χ4v) is 3.44. The van der Waals surface area contributed by atoms with Gasteiger partial charge in [-0.25, -0.2) is 0 Å². The summed E-state index contributed by atoms with van der Waals surface area (Å²) in [6.07, 6.45) is 0. The molecule has 130 valence electrons.